The smallest absolute Gasteiger partial charge is 0.246 e. The van der Waals surface area contributed by atoms with Gasteiger partial charge in [0.1, 0.15) is 10.8 Å². The predicted molar refractivity (Wildman–Crippen MR) is 116 cm³/mol. The van der Waals surface area contributed by atoms with Crippen LogP contribution in [-0.4, -0.2) is 48.3 Å². The summed E-state index contributed by atoms with van der Waals surface area (Å²) in [7, 11) is 0. The van der Waals surface area contributed by atoms with Crippen molar-refractivity contribution in [1.29, 1.82) is 0 Å². The fourth-order valence-electron chi connectivity index (χ4n) is 2.94. The van der Waals surface area contributed by atoms with E-state index in [-0.39, 0.29) is 5.91 Å². The lowest BCUT2D eigenvalue weighted by Gasteiger charge is -2.35. The number of piperazine rings is 1. The van der Waals surface area contributed by atoms with Crippen LogP contribution in [-0.2, 0) is 4.79 Å². The number of anilines is 3. The third-order valence-corrected chi connectivity index (χ3v) is 6.21. The first-order valence-electron chi connectivity index (χ1n) is 8.95. The second-order valence-corrected chi connectivity index (χ2v) is 8.20. The summed E-state index contributed by atoms with van der Waals surface area (Å²) >= 11 is 3.06. The van der Waals surface area contributed by atoms with Crippen LogP contribution in [0.2, 0.25) is 0 Å². The highest BCUT2D eigenvalue weighted by molar-refractivity contribution is 7.19. The fourth-order valence-corrected chi connectivity index (χ4v) is 4.49. The van der Waals surface area contributed by atoms with E-state index < -0.39 is 0 Å². The molecule has 3 aromatic rings. The molecule has 1 amide bonds. The van der Waals surface area contributed by atoms with Gasteiger partial charge in [0.2, 0.25) is 11.0 Å². The summed E-state index contributed by atoms with van der Waals surface area (Å²) in [6.45, 7) is 5.07. The number of pyridine rings is 1. The summed E-state index contributed by atoms with van der Waals surface area (Å²) in [4.78, 5) is 26.5. The van der Waals surface area contributed by atoms with Gasteiger partial charge in [-0.15, -0.1) is 11.3 Å². The standard InChI is InChI=1S/C19H20N6OS2/c1-15(26)25(22-13-16-5-4-12-27-16)19-21-14-18(28-19)24-10-8-23(9-11-24)17-6-2-3-7-20-17/h2-7,12-14H,8-11H2,1H3/b22-13+. The van der Waals surface area contributed by atoms with Crippen LogP contribution in [0, 0.1) is 0 Å². The van der Waals surface area contributed by atoms with E-state index in [1.54, 1.807) is 17.6 Å². The van der Waals surface area contributed by atoms with Gasteiger partial charge >= 0.3 is 0 Å². The number of rotatable bonds is 5. The number of hydrogen-bond acceptors (Lipinski definition) is 8. The third-order valence-electron chi connectivity index (χ3n) is 4.37. The summed E-state index contributed by atoms with van der Waals surface area (Å²) in [5.41, 5.74) is 0. The van der Waals surface area contributed by atoms with E-state index in [9.17, 15) is 4.79 Å². The molecule has 0 saturated carbocycles. The first-order valence-corrected chi connectivity index (χ1v) is 10.7. The Hall–Kier alpha value is -2.78. The van der Waals surface area contributed by atoms with Crippen LogP contribution in [0.25, 0.3) is 0 Å². The Bertz CT molecular complexity index is 933. The molecule has 28 heavy (non-hydrogen) atoms. The molecule has 1 aliphatic heterocycles. The molecule has 0 radical (unpaired) electrons. The van der Waals surface area contributed by atoms with Crippen LogP contribution in [0.4, 0.5) is 16.0 Å². The van der Waals surface area contributed by atoms with Crippen molar-refractivity contribution in [3.8, 4) is 0 Å². The molecular weight excluding hydrogens is 392 g/mol. The van der Waals surface area contributed by atoms with Crippen molar-refractivity contribution in [1.82, 2.24) is 9.97 Å². The minimum Gasteiger partial charge on any atom is -0.359 e. The van der Waals surface area contributed by atoms with E-state index in [4.69, 9.17) is 0 Å². The molecule has 0 atom stereocenters. The molecule has 1 aliphatic rings. The summed E-state index contributed by atoms with van der Waals surface area (Å²) < 4.78 is 0. The minimum absolute atomic E-state index is 0.159. The number of amides is 1. The van der Waals surface area contributed by atoms with Crippen LogP contribution in [0.5, 0.6) is 0 Å². The van der Waals surface area contributed by atoms with Gasteiger partial charge in [0, 0.05) is 44.2 Å². The first kappa shape index (κ1) is 18.6. The SMILES string of the molecule is CC(=O)N(/N=C/c1cccs1)c1ncc(N2CCN(c3ccccn3)CC2)s1. The third kappa shape index (κ3) is 4.20. The molecule has 1 saturated heterocycles. The van der Waals surface area contributed by atoms with Gasteiger partial charge in [0.05, 0.1) is 12.4 Å². The highest BCUT2D eigenvalue weighted by atomic mass is 32.1. The van der Waals surface area contributed by atoms with Gasteiger partial charge < -0.3 is 9.80 Å². The molecule has 0 bridgehead atoms. The number of aromatic nitrogens is 2. The maximum absolute atomic E-state index is 12.0. The average Bonchev–Trinajstić information content (AvgIpc) is 3.41. The van der Waals surface area contributed by atoms with E-state index in [0.29, 0.717) is 5.13 Å². The highest BCUT2D eigenvalue weighted by Crippen LogP contribution is 2.31. The topological polar surface area (TPSA) is 64.9 Å². The first-order chi connectivity index (χ1) is 13.7. The Morgan fingerprint density at radius 2 is 1.96 bits per heavy atom. The minimum atomic E-state index is -0.159. The van der Waals surface area contributed by atoms with Gasteiger partial charge in [-0.05, 0) is 23.6 Å². The molecule has 0 spiro atoms. The van der Waals surface area contributed by atoms with Crippen LogP contribution >= 0.6 is 22.7 Å². The molecule has 7 nitrogen and oxygen atoms in total. The molecule has 0 aromatic carbocycles. The van der Waals surface area contributed by atoms with Crippen LogP contribution in [0.15, 0.2) is 53.2 Å². The van der Waals surface area contributed by atoms with Gasteiger partial charge in [-0.25, -0.2) is 9.97 Å². The van der Waals surface area contributed by atoms with Gasteiger partial charge in [-0.3, -0.25) is 4.79 Å². The number of nitrogens with zero attached hydrogens (tertiary/aromatic N) is 6. The Kier molecular flexibility index (Phi) is 5.63. The Morgan fingerprint density at radius 1 is 1.14 bits per heavy atom. The van der Waals surface area contributed by atoms with E-state index in [1.165, 1.54) is 23.3 Å². The second kappa shape index (κ2) is 8.49. The number of hydrogen-bond donors (Lipinski definition) is 0. The lowest BCUT2D eigenvalue weighted by Crippen LogP contribution is -2.46. The molecule has 4 rings (SSSR count). The summed E-state index contributed by atoms with van der Waals surface area (Å²) in [6, 6.07) is 9.89. The molecule has 0 unspecified atom stereocenters. The molecular formula is C19H20N6OS2. The lowest BCUT2D eigenvalue weighted by atomic mass is 10.3. The van der Waals surface area contributed by atoms with Crippen LogP contribution in [0.1, 0.15) is 11.8 Å². The van der Waals surface area contributed by atoms with Gasteiger partial charge in [0.25, 0.3) is 0 Å². The average molecular weight is 413 g/mol. The van der Waals surface area contributed by atoms with Crippen molar-refractivity contribution in [3.63, 3.8) is 0 Å². The number of carbonyl (C=O) groups is 1. The van der Waals surface area contributed by atoms with Crippen LogP contribution < -0.4 is 14.8 Å². The van der Waals surface area contributed by atoms with E-state index in [1.807, 2.05) is 48.1 Å². The van der Waals surface area contributed by atoms with Crippen molar-refractivity contribution in [2.75, 3.05) is 41.0 Å². The zero-order valence-corrected chi connectivity index (χ0v) is 17.1. The van der Waals surface area contributed by atoms with Crippen molar-refractivity contribution < 1.29 is 4.79 Å². The van der Waals surface area contributed by atoms with Crippen LogP contribution in [0.3, 0.4) is 0 Å². The Morgan fingerprint density at radius 3 is 2.64 bits per heavy atom. The molecule has 4 heterocycles. The van der Waals surface area contributed by atoms with Gasteiger partial charge in [-0.1, -0.05) is 23.5 Å². The maximum atomic E-state index is 12.0. The number of hydrazone groups is 1. The van der Waals surface area contributed by atoms with Crippen molar-refractivity contribution in [2.24, 2.45) is 5.10 Å². The normalized spacial score (nSPS) is 14.6. The molecule has 0 aliphatic carbocycles. The molecule has 0 N–H and O–H groups in total. The van der Waals surface area contributed by atoms with Crippen molar-refractivity contribution in [3.05, 3.63) is 53.0 Å². The van der Waals surface area contributed by atoms with E-state index >= 15 is 0 Å². The zero-order chi connectivity index (χ0) is 19.3. The number of thiazole rings is 1. The summed E-state index contributed by atoms with van der Waals surface area (Å²) in [6.07, 6.45) is 5.34. The van der Waals surface area contributed by atoms with Crippen molar-refractivity contribution in [2.45, 2.75) is 6.92 Å². The molecule has 3 aromatic heterocycles. The Labute approximate surface area is 171 Å². The fraction of sp³-hybridized carbons (Fsp3) is 0.263. The monoisotopic (exact) mass is 412 g/mol. The van der Waals surface area contributed by atoms with Crippen molar-refractivity contribution >= 4 is 50.7 Å². The summed E-state index contributed by atoms with van der Waals surface area (Å²) in [5, 5.41) is 9.30. The lowest BCUT2D eigenvalue weighted by molar-refractivity contribution is -0.116. The van der Waals surface area contributed by atoms with Gasteiger partial charge in [-0.2, -0.15) is 10.1 Å². The zero-order valence-electron chi connectivity index (χ0n) is 15.4. The molecule has 144 valence electrons. The second-order valence-electron chi connectivity index (χ2n) is 6.23. The highest BCUT2D eigenvalue weighted by Gasteiger charge is 2.22. The number of thiophene rings is 1. The van der Waals surface area contributed by atoms with E-state index in [0.717, 1.165) is 41.9 Å². The number of carbonyl (C=O) groups excluding carboxylic acids is 1. The Balaban J connectivity index is 1.43. The predicted octanol–water partition coefficient (Wildman–Crippen LogP) is 3.31. The summed E-state index contributed by atoms with van der Waals surface area (Å²) in [5.74, 6) is 0.853. The maximum Gasteiger partial charge on any atom is 0.246 e. The van der Waals surface area contributed by atoms with E-state index in [2.05, 4.69) is 24.9 Å². The largest absolute Gasteiger partial charge is 0.359 e. The molecule has 1 fully saturated rings. The quantitative estimate of drug-likeness (QED) is 0.475. The van der Waals surface area contributed by atoms with Gasteiger partial charge in [0.15, 0.2) is 0 Å². The molecule has 9 heteroatoms.